The highest BCUT2D eigenvalue weighted by atomic mass is 35.5. The molecule has 3 N–H and O–H groups in total. The van der Waals surface area contributed by atoms with E-state index in [1.807, 2.05) is 0 Å². The molecule has 0 aliphatic heterocycles. The van der Waals surface area contributed by atoms with E-state index in [-0.39, 0.29) is 11.3 Å². The van der Waals surface area contributed by atoms with Crippen molar-refractivity contribution < 1.29 is 18.3 Å². The summed E-state index contributed by atoms with van der Waals surface area (Å²) in [7, 11) is -3.70. The van der Waals surface area contributed by atoms with Crippen molar-refractivity contribution in [3.8, 4) is 0 Å². The highest BCUT2D eigenvalue weighted by Gasteiger charge is 2.64. The SMILES string of the molecule is N[C@]1(C(=O)O)C[C@@H]1S(=O)(=O)c1ccc(Cl)cc1. The van der Waals surface area contributed by atoms with Crippen molar-refractivity contribution in [1.82, 2.24) is 0 Å². The quantitative estimate of drug-likeness (QED) is 0.845. The number of carboxylic acids is 1. The molecule has 1 aromatic rings. The second-order valence-electron chi connectivity index (χ2n) is 4.04. The lowest BCUT2D eigenvalue weighted by molar-refractivity contribution is -0.139. The van der Waals surface area contributed by atoms with Gasteiger partial charge in [0.05, 0.1) is 10.1 Å². The fourth-order valence-electron chi connectivity index (χ4n) is 1.65. The average Bonchev–Trinajstić information content (AvgIpc) is 2.94. The molecule has 0 amide bonds. The largest absolute Gasteiger partial charge is 0.480 e. The maximum Gasteiger partial charge on any atom is 0.325 e. The van der Waals surface area contributed by atoms with E-state index >= 15 is 0 Å². The predicted molar refractivity (Wildman–Crippen MR) is 61.6 cm³/mol. The van der Waals surface area contributed by atoms with Gasteiger partial charge in [0.1, 0.15) is 5.54 Å². The van der Waals surface area contributed by atoms with Gasteiger partial charge >= 0.3 is 5.97 Å². The molecule has 1 aliphatic carbocycles. The summed E-state index contributed by atoms with van der Waals surface area (Å²) < 4.78 is 24.1. The number of benzene rings is 1. The molecular formula is C10H10ClNO4S. The van der Waals surface area contributed by atoms with Gasteiger partial charge in [-0.15, -0.1) is 0 Å². The van der Waals surface area contributed by atoms with E-state index in [9.17, 15) is 13.2 Å². The Hall–Kier alpha value is -1.11. The van der Waals surface area contributed by atoms with Crippen LogP contribution in [0, 0.1) is 0 Å². The van der Waals surface area contributed by atoms with Crippen LogP contribution in [0.25, 0.3) is 0 Å². The first-order valence-corrected chi connectivity index (χ1v) is 6.72. The molecule has 0 unspecified atom stereocenters. The molecule has 1 saturated carbocycles. The summed E-state index contributed by atoms with van der Waals surface area (Å²) in [5.74, 6) is -1.29. The number of aliphatic carboxylic acids is 1. The third kappa shape index (κ3) is 1.92. The van der Waals surface area contributed by atoms with Crippen LogP contribution in [0.2, 0.25) is 5.02 Å². The zero-order chi connectivity index (χ0) is 12.8. The Balaban J connectivity index is 2.34. The Morgan fingerprint density at radius 2 is 1.94 bits per heavy atom. The highest BCUT2D eigenvalue weighted by molar-refractivity contribution is 7.92. The topological polar surface area (TPSA) is 97.5 Å². The van der Waals surface area contributed by atoms with Gasteiger partial charge in [-0.05, 0) is 30.7 Å². The first-order valence-electron chi connectivity index (χ1n) is 4.80. The normalized spacial score (nSPS) is 27.8. The van der Waals surface area contributed by atoms with Crippen molar-refractivity contribution in [1.29, 1.82) is 0 Å². The smallest absolute Gasteiger partial charge is 0.325 e. The molecule has 1 aromatic carbocycles. The lowest BCUT2D eigenvalue weighted by Gasteiger charge is -2.07. The summed E-state index contributed by atoms with van der Waals surface area (Å²) >= 11 is 5.65. The fourth-order valence-corrected chi connectivity index (χ4v) is 3.77. The van der Waals surface area contributed by atoms with E-state index in [0.29, 0.717) is 5.02 Å². The molecule has 92 valence electrons. The Bertz CT molecular complexity index is 568. The number of carbonyl (C=O) groups is 1. The van der Waals surface area contributed by atoms with Crippen LogP contribution < -0.4 is 5.73 Å². The average molecular weight is 276 g/mol. The summed E-state index contributed by atoms with van der Waals surface area (Å²) in [6, 6.07) is 5.57. The van der Waals surface area contributed by atoms with Crippen LogP contribution in [0.3, 0.4) is 0 Å². The Morgan fingerprint density at radius 1 is 1.41 bits per heavy atom. The van der Waals surface area contributed by atoms with Crippen LogP contribution in [-0.2, 0) is 14.6 Å². The Morgan fingerprint density at radius 3 is 2.35 bits per heavy atom. The first-order chi connectivity index (χ1) is 7.78. The monoisotopic (exact) mass is 275 g/mol. The molecule has 1 fully saturated rings. The molecular weight excluding hydrogens is 266 g/mol. The van der Waals surface area contributed by atoms with Gasteiger partial charge in [0.25, 0.3) is 0 Å². The van der Waals surface area contributed by atoms with Crippen molar-refractivity contribution in [2.45, 2.75) is 22.1 Å². The van der Waals surface area contributed by atoms with Crippen LogP contribution in [0.1, 0.15) is 6.42 Å². The van der Waals surface area contributed by atoms with E-state index in [4.69, 9.17) is 22.4 Å². The zero-order valence-corrected chi connectivity index (χ0v) is 10.2. The van der Waals surface area contributed by atoms with Crippen molar-refractivity contribution in [2.75, 3.05) is 0 Å². The van der Waals surface area contributed by atoms with Crippen molar-refractivity contribution in [3.05, 3.63) is 29.3 Å². The van der Waals surface area contributed by atoms with E-state index in [1.165, 1.54) is 24.3 Å². The van der Waals surface area contributed by atoms with Gasteiger partial charge in [-0.2, -0.15) is 0 Å². The molecule has 0 aromatic heterocycles. The number of rotatable bonds is 3. The minimum atomic E-state index is -3.70. The van der Waals surface area contributed by atoms with Gasteiger partial charge in [0.15, 0.2) is 9.84 Å². The number of halogens is 1. The van der Waals surface area contributed by atoms with Gasteiger partial charge in [0.2, 0.25) is 0 Å². The first kappa shape index (κ1) is 12.3. The molecule has 0 heterocycles. The van der Waals surface area contributed by atoms with Crippen molar-refractivity contribution >= 4 is 27.4 Å². The van der Waals surface area contributed by atoms with E-state index in [2.05, 4.69) is 0 Å². The molecule has 0 radical (unpaired) electrons. The maximum absolute atomic E-state index is 12.0. The van der Waals surface area contributed by atoms with E-state index in [1.54, 1.807) is 0 Å². The van der Waals surface area contributed by atoms with Crippen LogP contribution in [0.15, 0.2) is 29.2 Å². The number of hydrogen-bond acceptors (Lipinski definition) is 4. The molecule has 1 aliphatic rings. The number of sulfone groups is 1. The standard InChI is InChI=1S/C10H10ClNO4S/c11-6-1-3-7(4-2-6)17(15,16)8-5-10(8,12)9(13)14/h1-4,8H,5,12H2,(H,13,14)/t8-,10+/m0/s1. The summed E-state index contributed by atoms with van der Waals surface area (Å²) in [5, 5.41) is 8.18. The number of carboxylic acid groups (broad SMARTS) is 1. The third-order valence-corrected chi connectivity index (χ3v) is 5.37. The van der Waals surface area contributed by atoms with E-state index < -0.39 is 26.6 Å². The second kappa shape index (κ2) is 3.69. The maximum atomic E-state index is 12.0. The summed E-state index contributed by atoms with van der Waals surface area (Å²) in [6.45, 7) is 0. The van der Waals surface area contributed by atoms with Gasteiger partial charge in [-0.25, -0.2) is 8.42 Å². The van der Waals surface area contributed by atoms with Crippen molar-refractivity contribution in [3.63, 3.8) is 0 Å². The molecule has 0 bridgehead atoms. The van der Waals surface area contributed by atoms with Crippen LogP contribution in [0.4, 0.5) is 0 Å². The third-order valence-electron chi connectivity index (χ3n) is 2.85. The lowest BCUT2D eigenvalue weighted by Crippen LogP contribution is -2.38. The fraction of sp³-hybridized carbons (Fsp3) is 0.300. The second-order valence-corrected chi connectivity index (χ2v) is 6.60. The minimum absolute atomic E-state index is 0.0421. The van der Waals surface area contributed by atoms with Gasteiger partial charge in [-0.1, -0.05) is 11.6 Å². The zero-order valence-electron chi connectivity index (χ0n) is 8.63. The molecule has 2 atom stereocenters. The molecule has 5 nitrogen and oxygen atoms in total. The predicted octanol–water partition coefficient (Wildman–Crippen LogP) is 0.668. The number of nitrogens with two attached hydrogens (primary N) is 1. The van der Waals surface area contributed by atoms with Crippen LogP contribution in [-0.4, -0.2) is 30.3 Å². The van der Waals surface area contributed by atoms with Gasteiger partial charge in [-0.3, -0.25) is 4.79 Å². The minimum Gasteiger partial charge on any atom is -0.480 e. The van der Waals surface area contributed by atoms with E-state index in [0.717, 1.165) is 0 Å². The molecule has 17 heavy (non-hydrogen) atoms. The van der Waals surface area contributed by atoms with Crippen LogP contribution in [0.5, 0.6) is 0 Å². The highest BCUT2D eigenvalue weighted by Crippen LogP contribution is 2.42. The molecule has 0 spiro atoms. The van der Waals surface area contributed by atoms with Gasteiger partial charge in [0, 0.05) is 5.02 Å². The molecule has 2 rings (SSSR count). The summed E-state index contributed by atoms with van der Waals surface area (Å²) in [6.07, 6.45) is -0.0622. The summed E-state index contributed by atoms with van der Waals surface area (Å²) in [4.78, 5) is 10.9. The Kier molecular flexibility index (Phi) is 2.68. The number of hydrogen-bond donors (Lipinski definition) is 2. The van der Waals surface area contributed by atoms with Crippen LogP contribution >= 0.6 is 11.6 Å². The molecule has 7 heteroatoms. The lowest BCUT2D eigenvalue weighted by atomic mass is 10.3. The molecule has 0 saturated heterocycles. The van der Waals surface area contributed by atoms with Crippen molar-refractivity contribution in [2.24, 2.45) is 5.73 Å². The van der Waals surface area contributed by atoms with Gasteiger partial charge < -0.3 is 10.8 Å². The Labute approximate surface area is 103 Å². The summed E-state index contributed by atoms with van der Waals surface area (Å²) in [5.41, 5.74) is 3.83.